The van der Waals surface area contributed by atoms with Crippen molar-refractivity contribution in [2.45, 2.75) is 12.2 Å². The molecule has 144 valence electrons. The van der Waals surface area contributed by atoms with Gasteiger partial charge in [-0.1, -0.05) is 24.3 Å². The van der Waals surface area contributed by atoms with E-state index >= 15 is 0 Å². The highest BCUT2D eigenvalue weighted by Crippen LogP contribution is 2.01. The van der Waals surface area contributed by atoms with Crippen molar-refractivity contribution in [3.05, 3.63) is 50.6 Å². The summed E-state index contributed by atoms with van der Waals surface area (Å²) in [4.78, 5) is 0. The van der Waals surface area contributed by atoms with E-state index < -0.39 is 0 Å². The van der Waals surface area contributed by atoms with Crippen LogP contribution in [0, 0.1) is 0 Å². The highest BCUT2D eigenvalue weighted by molar-refractivity contribution is 4.68. The van der Waals surface area contributed by atoms with Gasteiger partial charge < -0.3 is 28.4 Å². The lowest BCUT2D eigenvalue weighted by Gasteiger charge is -2.21. The molecule has 0 N–H and O–H groups in total. The predicted molar refractivity (Wildman–Crippen MR) is 98.7 cm³/mol. The van der Waals surface area contributed by atoms with Gasteiger partial charge in [0.15, 0.2) is 0 Å². The van der Waals surface area contributed by atoms with Crippen LogP contribution < -0.4 is 0 Å². The second-order valence-corrected chi connectivity index (χ2v) is 5.00. The molecule has 0 aliphatic carbocycles. The van der Waals surface area contributed by atoms with Crippen molar-refractivity contribution in [2.75, 3.05) is 59.6 Å². The zero-order valence-electron chi connectivity index (χ0n) is 15.1. The summed E-state index contributed by atoms with van der Waals surface area (Å²) in [6.07, 6.45) is 6.24. The molecule has 0 unspecified atom stereocenters. The number of hydrogen-bond acceptors (Lipinski definition) is 6. The number of hydrogen-bond donors (Lipinski definition) is 0. The van der Waals surface area contributed by atoms with Crippen LogP contribution in [0.1, 0.15) is 0 Å². The molecular formula is C19H32O6. The Kier molecular flexibility index (Phi) is 18.1. The maximum absolute atomic E-state index is 5.69. The number of rotatable bonds is 20. The van der Waals surface area contributed by atoms with Crippen molar-refractivity contribution in [1.82, 2.24) is 0 Å². The van der Waals surface area contributed by atoms with Crippen molar-refractivity contribution in [1.29, 1.82) is 0 Å². The van der Waals surface area contributed by atoms with E-state index in [0.29, 0.717) is 52.9 Å². The Morgan fingerprint density at radius 2 is 0.800 bits per heavy atom. The molecule has 0 aromatic rings. The van der Waals surface area contributed by atoms with Crippen LogP contribution in [0.15, 0.2) is 50.6 Å². The molecule has 0 atom stereocenters. The third kappa shape index (κ3) is 16.0. The first-order valence-corrected chi connectivity index (χ1v) is 8.26. The Labute approximate surface area is 151 Å². The third-order valence-electron chi connectivity index (χ3n) is 2.77. The van der Waals surface area contributed by atoms with E-state index in [0.717, 1.165) is 0 Å². The topological polar surface area (TPSA) is 55.4 Å². The second kappa shape index (κ2) is 19.1. The van der Waals surface area contributed by atoms with Gasteiger partial charge in [-0.05, 0) is 0 Å². The molecule has 0 aliphatic rings. The van der Waals surface area contributed by atoms with Gasteiger partial charge in [0.05, 0.1) is 52.9 Å². The summed E-state index contributed by atoms with van der Waals surface area (Å²) in [5.74, 6) is 0. The van der Waals surface area contributed by atoms with Crippen LogP contribution in [-0.2, 0) is 28.4 Å². The Hall–Kier alpha value is -1.28. The summed E-state index contributed by atoms with van der Waals surface area (Å²) in [7, 11) is 0. The quantitative estimate of drug-likeness (QED) is 0.190. The van der Waals surface area contributed by atoms with Gasteiger partial charge in [0.2, 0.25) is 0 Å². The van der Waals surface area contributed by atoms with Gasteiger partial charge >= 0.3 is 0 Å². The van der Waals surface area contributed by atoms with Crippen molar-refractivity contribution in [3.8, 4) is 0 Å². The van der Waals surface area contributed by atoms with Crippen molar-refractivity contribution >= 4 is 0 Å². The standard InChI is InChI=1S/C19H32O6/c1-5-9-20-13-18(14-21-10-6-2)24-17-25-19(15-22-11-7-3)16-23-12-8-4/h5-8,18-19H,1-4,9-17H2. The highest BCUT2D eigenvalue weighted by atomic mass is 16.7. The minimum atomic E-state index is -0.247. The monoisotopic (exact) mass is 356 g/mol. The Bertz CT molecular complexity index is 285. The minimum Gasteiger partial charge on any atom is -0.375 e. The van der Waals surface area contributed by atoms with Crippen molar-refractivity contribution in [2.24, 2.45) is 0 Å². The van der Waals surface area contributed by atoms with Crippen molar-refractivity contribution < 1.29 is 28.4 Å². The molecule has 0 amide bonds. The molecule has 6 nitrogen and oxygen atoms in total. The molecule has 0 heterocycles. The first-order valence-electron chi connectivity index (χ1n) is 8.26. The van der Waals surface area contributed by atoms with Crippen molar-refractivity contribution in [3.63, 3.8) is 0 Å². The van der Waals surface area contributed by atoms with E-state index in [4.69, 9.17) is 28.4 Å². The molecule has 0 radical (unpaired) electrons. The molecule has 0 bridgehead atoms. The van der Waals surface area contributed by atoms with Crippen LogP contribution in [0.5, 0.6) is 0 Å². The molecule has 0 aliphatic heterocycles. The fourth-order valence-corrected chi connectivity index (χ4v) is 1.65. The summed E-state index contributed by atoms with van der Waals surface area (Å²) in [6.45, 7) is 17.9. The lowest BCUT2D eigenvalue weighted by Crippen LogP contribution is -2.31. The van der Waals surface area contributed by atoms with Gasteiger partial charge in [-0.25, -0.2) is 0 Å². The summed E-state index contributed by atoms with van der Waals surface area (Å²) < 4.78 is 33.0. The first-order chi connectivity index (χ1) is 12.3. The molecule has 0 saturated carbocycles. The van der Waals surface area contributed by atoms with Crippen LogP contribution in [0.4, 0.5) is 0 Å². The van der Waals surface area contributed by atoms with E-state index in [1.165, 1.54) is 0 Å². The molecule has 0 saturated heterocycles. The van der Waals surface area contributed by atoms with E-state index in [9.17, 15) is 0 Å². The highest BCUT2D eigenvalue weighted by Gasteiger charge is 2.13. The maximum atomic E-state index is 5.69. The SMILES string of the molecule is C=CCOCC(COCC=C)OCOC(COCC=C)COCC=C. The van der Waals surface area contributed by atoms with E-state index in [2.05, 4.69) is 26.3 Å². The minimum absolute atomic E-state index is 0.0825. The molecule has 25 heavy (non-hydrogen) atoms. The molecule has 0 spiro atoms. The lowest BCUT2D eigenvalue weighted by molar-refractivity contribution is -0.165. The Morgan fingerprint density at radius 3 is 1.04 bits per heavy atom. The summed E-state index contributed by atoms with van der Waals surface area (Å²) >= 11 is 0. The average Bonchev–Trinajstić information content (AvgIpc) is 2.61. The molecular weight excluding hydrogens is 324 g/mol. The van der Waals surface area contributed by atoms with Crippen LogP contribution in [0.3, 0.4) is 0 Å². The molecule has 0 rings (SSSR count). The first kappa shape index (κ1) is 23.7. The summed E-state index contributed by atoms with van der Waals surface area (Å²) in [5.41, 5.74) is 0. The van der Waals surface area contributed by atoms with E-state index in [1.54, 1.807) is 24.3 Å². The van der Waals surface area contributed by atoms with Gasteiger partial charge in [-0.15, -0.1) is 26.3 Å². The average molecular weight is 356 g/mol. The molecule has 6 heteroatoms. The zero-order valence-corrected chi connectivity index (χ0v) is 15.1. The fourth-order valence-electron chi connectivity index (χ4n) is 1.65. The van der Waals surface area contributed by atoms with Gasteiger partial charge in [0.1, 0.15) is 19.0 Å². The normalized spacial score (nSPS) is 11.0. The van der Waals surface area contributed by atoms with Crippen LogP contribution >= 0.6 is 0 Å². The molecule has 0 fully saturated rings. The fraction of sp³-hybridized carbons (Fsp3) is 0.579. The van der Waals surface area contributed by atoms with E-state index in [1.807, 2.05) is 0 Å². The van der Waals surface area contributed by atoms with Crippen LogP contribution in [0.2, 0.25) is 0 Å². The number of ether oxygens (including phenoxy) is 6. The molecule has 0 aromatic carbocycles. The van der Waals surface area contributed by atoms with Gasteiger partial charge in [0.25, 0.3) is 0 Å². The third-order valence-corrected chi connectivity index (χ3v) is 2.77. The summed E-state index contributed by atoms with van der Waals surface area (Å²) in [5, 5.41) is 0. The van der Waals surface area contributed by atoms with Gasteiger partial charge in [-0.2, -0.15) is 0 Å². The van der Waals surface area contributed by atoms with Gasteiger partial charge in [-0.3, -0.25) is 0 Å². The van der Waals surface area contributed by atoms with E-state index in [-0.39, 0.29) is 19.0 Å². The Morgan fingerprint density at radius 1 is 0.520 bits per heavy atom. The Balaban J connectivity index is 4.20. The van der Waals surface area contributed by atoms with Crippen LogP contribution in [-0.4, -0.2) is 71.9 Å². The smallest absolute Gasteiger partial charge is 0.147 e. The van der Waals surface area contributed by atoms with Crippen LogP contribution in [0.25, 0.3) is 0 Å². The zero-order chi connectivity index (χ0) is 18.6. The summed E-state index contributed by atoms with van der Waals surface area (Å²) in [6, 6.07) is 0. The lowest BCUT2D eigenvalue weighted by atomic mass is 10.4. The largest absolute Gasteiger partial charge is 0.375 e. The predicted octanol–water partition coefficient (Wildman–Crippen LogP) is 2.52. The van der Waals surface area contributed by atoms with Gasteiger partial charge in [0, 0.05) is 0 Å². The second-order valence-electron chi connectivity index (χ2n) is 5.00. The maximum Gasteiger partial charge on any atom is 0.147 e. The molecule has 0 aromatic heterocycles.